The van der Waals surface area contributed by atoms with E-state index in [4.69, 9.17) is 0 Å². The molecule has 1 fully saturated rings. The van der Waals surface area contributed by atoms with Crippen LogP contribution < -0.4 is 0 Å². The van der Waals surface area contributed by atoms with Gasteiger partial charge in [0, 0.05) is 0 Å². The second kappa shape index (κ2) is 4.26. The van der Waals surface area contributed by atoms with Crippen LogP contribution in [0.15, 0.2) is 0 Å². The van der Waals surface area contributed by atoms with Crippen molar-refractivity contribution in [3.63, 3.8) is 0 Å². The van der Waals surface area contributed by atoms with E-state index in [0.717, 1.165) is 5.67 Å². The summed E-state index contributed by atoms with van der Waals surface area (Å²) in [5, 5.41) is 0. The summed E-state index contributed by atoms with van der Waals surface area (Å²) in [7, 11) is 4.10. The zero-order valence-corrected chi connectivity index (χ0v) is 9.29. The Morgan fingerprint density at radius 3 is 2.09 bits per heavy atom. The van der Waals surface area contributed by atoms with Crippen LogP contribution in [0.3, 0.4) is 0 Å². The van der Waals surface area contributed by atoms with Gasteiger partial charge in [0.2, 0.25) is 0 Å². The molecule has 0 aromatic rings. The molecule has 1 aliphatic heterocycles. The minimum absolute atomic E-state index is 0.352. The fourth-order valence-electron chi connectivity index (χ4n) is 2.04. The predicted octanol–water partition coefficient (Wildman–Crippen LogP) is 1.89. The Morgan fingerprint density at radius 1 is 1.09 bits per heavy atom. The van der Waals surface area contributed by atoms with Crippen molar-refractivity contribution in [3.8, 4) is 0 Å². The van der Waals surface area contributed by atoms with E-state index in [0.29, 0.717) is 0 Å². The number of hydrogen-bond donors (Lipinski definition) is 0. The van der Waals surface area contributed by atoms with E-state index in [9.17, 15) is 0 Å². The molecule has 0 bridgehead atoms. The van der Waals surface area contributed by atoms with Crippen LogP contribution >= 0.6 is 0 Å². The highest BCUT2D eigenvalue weighted by Gasteiger charge is 2.22. The number of hydrogen-bond acceptors (Lipinski definition) is 1. The Balaban J connectivity index is 2.32. The normalized spacial score (nSPS) is 24.0. The van der Waals surface area contributed by atoms with Gasteiger partial charge < -0.3 is 4.90 Å². The monoisotopic (exact) mass is 171 g/mol. The molecule has 0 radical (unpaired) electrons. The summed E-state index contributed by atoms with van der Waals surface area (Å²) in [4.78, 5) is 2.42. The van der Waals surface area contributed by atoms with Crippen LogP contribution in [0.5, 0.6) is 0 Å². The van der Waals surface area contributed by atoms with Gasteiger partial charge in [0.15, 0.2) is 0 Å². The molecule has 0 saturated carbocycles. The third-order valence-corrected chi connectivity index (χ3v) is 7.41. The highest BCUT2D eigenvalue weighted by Crippen LogP contribution is 2.22. The predicted molar refractivity (Wildman–Crippen MR) is 53.8 cm³/mol. The van der Waals surface area contributed by atoms with E-state index in [1.807, 2.05) is 0 Å². The average Bonchev–Trinajstić information content (AvgIpc) is 2.05. The molecule has 0 aromatic carbocycles. The van der Waals surface area contributed by atoms with Crippen molar-refractivity contribution >= 4 is 8.80 Å². The van der Waals surface area contributed by atoms with Crippen molar-refractivity contribution in [2.24, 2.45) is 0 Å². The van der Waals surface area contributed by atoms with Gasteiger partial charge >= 0.3 is 0 Å². The lowest BCUT2D eigenvalue weighted by Gasteiger charge is -2.30. The Kier molecular flexibility index (Phi) is 3.59. The van der Waals surface area contributed by atoms with E-state index in [2.05, 4.69) is 25.9 Å². The van der Waals surface area contributed by atoms with Crippen LogP contribution in [0.1, 0.15) is 26.2 Å². The molecule has 1 aliphatic rings. The average molecular weight is 171 g/mol. The maximum absolute atomic E-state index is 2.42. The first-order chi connectivity index (χ1) is 5.22. The molecule has 1 heterocycles. The molecule has 1 saturated heterocycles. The van der Waals surface area contributed by atoms with Gasteiger partial charge in [-0.2, -0.15) is 0 Å². The molecule has 0 N–H and O–H groups in total. The lowest BCUT2D eigenvalue weighted by molar-refractivity contribution is 0.382. The van der Waals surface area contributed by atoms with Crippen molar-refractivity contribution in [1.82, 2.24) is 4.90 Å². The highest BCUT2D eigenvalue weighted by molar-refractivity contribution is 6.60. The maximum Gasteiger partial charge on any atom is 0.0566 e. The second-order valence-electron chi connectivity index (χ2n) is 4.10. The topological polar surface area (TPSA) is 3.24 Å². The summed E-state index contributed by atoms with van der Waals surface area (Å²) in [6, 6.07) is 3.19. The molecule has 11 heavy (non-hydrogen) atoms. The minimum Gasteiger partial charge on any atom is -0.310 e. The molecule has 66 valence electrons. The summed E-state index contributed by atoms with van der Waals surface area (Å²) in [5.41, 5.74) is 0.926. The largest absolute Gasteiger partial charge is 0.310 e. The molecule has 0 spiro atoms. The van der Waals surface area contributed by atoms with E-state index in [-0.39, 0.29) is 8.80 Å². The smallest absolute Gasteiger partial charge is 0.0566 e. The third kappa shape index (κ3) is 2.60. The van der Waals surface area contributed by atoms with E-state index >= 15 is 0 Å². The molecule has 1 atom stereocenters. The number of rotatable bonds is 2. The summed E-state index contributed by atoms with van der Waals surface area (Å²) < 4.78 is 0. The zero-order chi connectivity index (χ0) is 8.27. The van der Waals surface area contributed by atoms with E-state index < -0.39 is 0 Å². The highest BCUT2D eigenvalue weighted by atomic mass is 28.3. The first-order valence-electron chi connectivity index (χ1n) is 4.88. The molecule has 1 unspecified atom stereocenters. The SMILES string of the molecule is CC(N(C)C)[SiH]1CCCCC1. The molecule has 1 rings (SSSR count). The van der Waals surface area contributed by atoms with Crippen LogP contribution in [0, 0.1) is 0 Å². The fourth-order valence-corrected chi connectivity index (χ4v) is 5.76. The fraction of sp³-hybridized carbons (Fsp3) is 1.00. The standard InChI is InChI=1S/C9H21NSi/c1-9(10(2)3)11-7-5-4-6-8-11/h9,11H,4-8H2,1-3H3. The molecule has 0 aromatic heterocycles. The van der Waals surface area contributed by atoms with Gasteiger partial charge in [0.05, 0.1) is 8.80 Å². The summed E-state index contributed by atoms with van der Waals surface area (Å²) >= 11 is 0. The van der Waals surface area contributed by atoms with Crippen molar-refractivity contribution in [3.05, 3.63) is 0 Å². The quantitative estimate of drug-likeness (QED) is 0.574. The first kappa shape index (κ1) is 9.27. The Bertz CT molecular complexity index is 108. The second-order valence-corrected chi connectivity index (χ2v) is 7.74. The van der Waals surface area contributed by atoms with Crippen molar-refractivity contribution in [2.75, 3.05) is 14.1 Å². The van der Waals surface area contributed by atoms with Crippen molar-refractivity contribution < 1.29 is 0 Å². The van der Waals surface area contributed by atoms with Crippen LogP contribution in [-0.4, -0.2) is 33.5 Å². The lowest BCUT2D eigenvalue weighted by Crippen LogP contribution is -2.40. The van der Waals surface area contributed by atoms with Crippen molar-refractivity contribution in [2.45, 2.75) is 43.9 Å². The van der Waals surface area contributed by atoms with E-state index in [1.165, 1.54) is 19.3 Å². The lowest BCUT2D eigenvalue weighted by atomic mass is 10.3. The summed E-state index contributed by atoms with van der Waals surface area (Å²) in [6.07, 6.45) is 4.55. The van der Waals surface area contributed by atoms with Crippen LogP contribution in [0.4, 0.5) is 0 Å². The van der Waals surface area contributed by atoms with Crippen molar-refractivity contribution in [1.29, 1.82) is 0 Å². The maximum atomic E-state index is 2.42. The Labute approximate surface area is 72.4 Å². The Hall–Kier alpha value is 0.177. The van der Waals surface area contributed by atoms with Gasteiger partial charge in [0.25, 0.3) is 0 Å². The molecular formula is C9H21NSi. The van der Waals surface area contributed by atoms with Gasteiger partial charge in [-0.05, 0) is 19.8 Å². The zero-order valence-electron chi connectivity index (χ0n) is 8.14. The van der Waals surface area contributed by atoms with Crippen LogP contribution in [0.2, 0.25) is 12.1 Å². The number of nitrogens with zero attached hydrogens (tertiary/aromatic N) is 1. The first-order valence-corrected chi connectivity index (χ1v) is 7.18. The molecule has 0 aliphatic carbocycles. The van der Waals surface area contributed by atoms with Crippen LogP contribution in [0.25, 0.3) is 0 Å². The molecule has 2 heteroatoms. The molecular weight excluding hydrogens is 150 g/mol. The van der Waals surface area contributed by atoms with Crippen LogP contribution in [-0.2, 0) is 0 Å². The van der Waals surface area contributed by atoms with Gasteiger partial charge in [-0.1, -0.05) is 38.3 Å². The van der Waals surface area contributed by atoms with Gasteiger partial charge in [0.1, 0.15) is 0 Å². The Morgan fingerprint density at radius 2 is 1.64 bits per heavy atom. The molecule has 1 nitrogen and oxygen atoms in total. The van der Waals surface area contributed by atoms with Gasteiger partial charge in [-0.15, -0.1) is 0 Å². The summed E-state index contributed by atoms with van der Waals surface area (Å²) in [5.74, 6) is 0. The minimum atomic E-state index is -0.352. The van der Waals surface area contributed by atoms with Gasteiger partial charge in [-0.3, -0.25) is 0 Å². The molecule has 0 amide bonds. The summed E-state index contributed by atoms with van der Waals surface area (Å²) in [6.45, 7) is 2.42. The third-order valence-electron chi connectivity index (χ3n) is 3.15. The van der Waals surface area contributed by atoms with Gasteiger partial charge in [-0.25, -0.2) is 0 Å². The van der Waals surface area contributed by atoms with E-state index in [1.54, 1.807) is 12.1 Å².